The Bertz CT molecular complexity index is 454. The van der Waals surface area contributed by atoms with Gasteiger partial charge in [-0.1, -0.05) is 13.8 Å². The van der Waals surface area contributed by atoms with Crippen LogP contribution in [0, 0.1) is 12.3 Å². The Morgan fingerprint density at radius 3 is 2.42 bits per heavy atom. The van der Waals surface area contributed by atoms with E-state index in [1.807, 2.05) is 13.0 Å². The molecule has 1 fully saturated rings. The van der Waals surface area contributed by atoms with Crippen LogP contribution in [-0.4, -0.2) is 19.4 Å². The summed E-state index contributed by atoms with van der Waals surface area (Å²) in [5.74, 6) is 0. The lowest BCUT2D eigenvalue weighted by molar-refractivity contribution is 0.112. The van der Waals surface area contributed by atoms with Crippen molar-refractivity contribution in [3.8, 4) is 0 Å². The van der Waals surface area contributed by atoms with Gasteiger partial charge in [0.15, 0.2) is 0 Å². The van der Waals surface area contributed by atoms with Gasteiger partial charge in [0.1, 0.15) is 6.29 Å². The van der Waals surface area contributed by atoms with Crippen LogP contribution in [0.1, 0.15) is 55.5 Å². The molecule has 1 aliphatic rings. The molecule has 0 radical (unpaired) electrons. The van der Waals surface area contributed by atoms with Gasteiger partial charge >= 0.3 is 0 Å². The first-order chi connectivity index (χ1) is 8.93. The van der Waals surface area contributed by atoms with Gasteiger partial charge in [0, 0.05) is 24.3 Å². The van der Waals surface area contributed by atoms with Crippen molar-refractivity contribution in [2.24, 2.45) is 5.41 Å². The zero-order chi connectivity index (χ0) is 14.0. The van der Waals surface area contributed by atoms with Gasteiger partial charge in [0.05, 0.1) is 0 Å². The molecule has 0 saturated heterocycles. The van der Waals surface area contributed by atoms with Crippen molar-refractivity contribution in [3.05, 3.63) is 29.3 Å². The minimum atomic E-state index is 0.509. The standard InChI is InChI=1S/C17H25NO/c1-13-11-16(6-5-14(13)12-19)18(4)15-7-9-17(2,3)10-8-15/h5-6,11-12,15H,7-10H2,1-4H3. The van der Waals surface area contributed by atoms with Crippen LogP contribution in [-0.2, 0) is 0 Å². The molecule has 104 valence electrons. The number of benzene rings is 1. The molecule has 1 aromatic carbocycles. The van der Waals surface area contributed by atoms with Crippen LogP contribution in [0.2, 0.25) is 0 Å². The van der Waals surface area contributed by atoms with Crippen LogP contribution in [0.4, 0.5) is 5.69 Å². The molecule has 0 amide bonds. The van der Waals surface area contributed by atoms with Crippen molar-refractivity contribution in [1.29, 1.82) is 0 Å². The summed E-state index contributed by atoms with van der Waals surface area (Å²) < 4.78 is 0. The molecule has 0 spiro atoms. The smallest absolute Gasteiger partial charge is 0.150 e. The summed E-state index contributed by atoms with van der Waals surface area (Å²) in [4.78, 5) is 13.3. The van der Waals surface area contributed by atoms with Gasteiger partial charge in [-0.25, -0.2) is 0 Å². The number of carbonyl (C=O) groups is 1. The third-order valence-electron chi connectivity index (χ3n) is 4.64. The van der Waals surface area contributed by atoms with E-state index >= 15 is 0 Å². The number of carbonyl (C=O) groups excluding carboxylic acids is 1. The van der Waals surface area contributed by atoms with Gasteiger partial charge in [0.2, 0.25) is 0 Å². The highest BCUT2D eigenvalue weighted by Gasteiger charge is 2.28. The molecule has 1 saturated carbocycles. The van der Waals surface area contributed by atoms with E-state index in [4.69, 9.17) is 0 Å². The number of aryl methyl sites for hydroxylation is 1. The van der Waals surface area contributed by atoms with E-state index in [2.05, 4.69) is 37.9 Å². The number of nitrogens with zero attached hydrogens (tertiary/aromatic N) is 1. The summed E-state index contributed by atoms with van der Waals surface area (Å²) >= 11 is 0. The monoisotopic (exact) mass is 259 g/mol. The lowest BCUT2D eigenvalue weighted by Gasteiger charge is -2.39. The molecule has 0 atom stereocenters. The number of aldehydes is 1. The topological polar surface area (TPSA) is 20.3 Å². The maximum atomic E-state index is 10.9. The van der Waals surface area contributed by atoms with Crippen molar-refractivity contribution in [2.45, 2.75) is 52.5 Å². The molecule has 0 heterocycles. The lowest BCUT2D eigenvalue weighted by atomic mass is 9.75. The summed E-state index contributed by atoms with van der Waals surface area (Å²) in [6.45, 7) is 6.74. The minimum Gasteiger partial charge on any atom is -0.372 e. The molecule has 0 aromatic heterocycles. The predicted molar refractivity (Wildman–Crippen MR) is 81.0 cm³/mol. The van der Waals surface area contributed by atoms with Crippen molar-refractivity contribution < 1.29 is 4.79 Å². The lowest BCUT2D eigenvalue weighted by Crippen LogP contribution is -2.37. The van der Waals surface area contributed by atoms with E-state index in [1.165, 1.54) is 31.4 Å². The molecule has 2 rings (SSSR count). The fraction of sp³-hybridized carbons (Fsp3) is 0.588. The Kier molecular flexibility index (Phi) is 3.98. The van der Waals surface area contributed by atoms with E-state index < -0.39 is 0 Å². The fourth-order valence-electron chi connectivity index (χ4n) is 2.99. The summed E-state index contributed by atoms with van der Waals surface area (Å²) in [6.07, 6.45) is 6.05. The minimum absolute atomic E-state index is 0.509. The van der Waals surface area contributed by atoms with Crippen molar-refractivity contribution in [2.75, 3.05) is 11.9 Å². The van der Waals surface area contributed by atoms with Crippen LogP contribution in [0.5, 0.6) is 0 Å². The Labute approximate surface area is 116 Å². The first-order valence-electron chi connectivity index (χ1n) is 7.22. The first kappa shape index (κ1) is 14.1. The van der Waals surface area contributed by atoms with Gasteiger partial charge in [-0.05, 0) is 61.8 Å². The maximum absolute atomic E-state index is 10.9. The number of hydrogen-bond donors (Lipinski definition) is 0. The zero-order valence-corrected chi connectivity index (χ0v) is 12.6. The molecule has 2 heteroatoms. The molecule has 0 unspecified atom stereocenters. The van der Waals surface area contributed by atoms with E-state index in [-0.39, 0.29) is 0 Å². The molecule has 0 aliphatic heterocycles. The summed E-state index contributed by atoms with van der Waals surface area (Å²) in [5.41, 5.74) is 3.60. The van der Waals surface area contributed by atoms with Crippen LogP contribution in [0.25, 0.3) is 0 Å². The van der Waals surface area contributed by atoms with Gasteiger partial charge in [-0.3, -0.25) is 4.79 Å². The largest absolute Gasteiger partial charge is 0.372 e. The first-order valence-corrected chi connectivity index (χ1v) is 7.22. The van der Waals surface area contributed by atoms with Crippen LogP contribution >= 0.6 is 0 Å². The third-order valence-corrected chi connectivity index (χ3v) is 4.64. The van der Waals surface area contributed by atoms with Crippen LogP contribution in [0.3, 0.4) is 0 Å². The highest BCUT2D eigenvalue weighted by molar-refractivity contribution is 5.78. The van der Waals surface area contributed by atoms with E-state index in [0.29, 0.717) is 11.5 Å². The summed E-state index contributed by atoms with van der Waals surface area (Å²) in [7, 11) is 2.18. The van der Waals surface area contributed by atoms with Gasteiger partial charge in [-0.15, -0.1) is 0 Å². The number of anilines is 1. The zero-order valence-electron chi connectivity index (χ0n) is 12.6. The van der Waals surface area contributed by atoms with E-state index in [9.17, 15) is 4.79 Å². The van der Waals surface area contributed by atoms with E-state index in [1.54, 1.807) is 0 Å². The highest BCUT2D eigenvalue weighted by Crippen LogP contribution is 2.37. The second kappa shape index (κ2) is 5.36. The number of rotatable bonds is 3. The summed E-state index contributed by atoms with van der Waals surface area (Å²) in [5, 5.41) is 0. The molecular formula is C17H25NO. The van der Waals surface area contributed by atoms with Gasteiger partial charge < -0.3 is 4.90 Å². The quantitative estimate of drug-likeness (QED) is 0.758. The molecule has 0 bridgehead atoms. The second-order valence-corrected chi connectivity index (χ2v) is 6.67. The second-order valence-electron chi connectivity index (χ2n) is 6.67. The van der Waals surface area contributed by atoms with Gasteiger partial charge in [-0.2, -0.15) is 0 Å². The molecule has 1 aliphatic carbocycles. The predicted octanol–water partition coefficient (Wildman–Crippen LogP) is 4.21. The average Bonchev–Trinajstić information content (AvgIpc) is 2.38. The maximum Gasteiger partial charge on any atom is 0.150 e. The van der Waals surface area contributed by atoms with Crippen molar-refractivity contribution in [1.82, 2.24) is 0 Å². The number of hydrogen-bond acceptors (Lipinski definition) is 2. The normalized spacial score (nSPS) is 19.2. The molecule has 19 heavy (non-hydrogen) atoms. The summed E-state index contributed by atoms with van der Waals surface area (Å²) in [6, 6.07) is 6.76. The van der Waals surface area contributed by atoms with Gasteiger partial charge in [0.25, 0.3) is 0 Å². The van der Waals surface area contributed by atoms with Crippen molar-refractivity contribution in [3.63, 3.8) is 0 Å². The van der Waals surface area contributed by atoms with Crippen molar-refractivity contribution >= 4 is 12.0 Å². The molecule has 1 aromatic rings. The highest BCUT2D eigenvalue weighted by atomic mass is 16.1. The average molecular weight is 259 g/mol. The third kappa shape index (κ3) is 3.17. The Morgan fingerprint density at radius 1 is 1.26 bits per heavy atom. The fourth-order valence-corrected chi connectivity index (χ4v) is 2.99. The molecular weight excluding hydrogens is 234 g/mol. The SMILES string of the molecule is Cc1cc(N(C)C2CCC(C)(C)CC2)ccc1C=O. The Morgan fingerprint density at radius 2 is 1.89 bits per heavy atom. The molecule has 0 N–H and O–H groups in total. The van der Waals surface area contributed by atoms with Crippen LogP contribution < -0.4 is 4.90 Å². The van der Waals surface area contributed by atoms with Crippen LogP contribution in [0.15, 0.2) is 18.2 Å². The van der Waals surface area contributed by atoms with E-state index in [0.717, 1.165) is 17.4 Å². The molecule has 2 nitrogen and oxygen atoms in total. The Balaban J connectivity index is 2.10. The Hall–Kier alpha value is -1.31.